The molecule has 1 aromatic heterocycles. The van der Waals surface area contributed by atoms with Crippen LogP contribution in [-0.4, -0.2) is 24.4 Å². The van der Waals surface area contributed by atoms with E-state index < -0.39 is 15.9 Å². The van der Waals surface area contributed by atoms with E-state index in [0.29, 0.717) is 15.8 Å². The quantitative estimate of drug-likeness (QED) is 0.304. The van der Waals surface area contributed by atoms with Crippen molar-refractivity contribution in [3.8, 4) is 5.75 Å². The molecule has 0 aliphatic heterocycles. The third kappa shape index (κ3) is 4.43. The molecule has 0 radical (unpaired) electrons. The molecule has 1 amide bonds. The third-order valence-corrected chi connectivity index (χ3v) is 6.15. The van der Waals surface area contributed by atoms with Crippen LogP contribution in [0.4, 0.5) is 11.4 Å². The predicted molar refractivity (Wildman–Crippen MR) is 121 cm³/mol. The fraction of sp³-hybridized carbons (Fsp3) is 0. The van der Waals surface area contributed by atoms with E-state index in [1.165, 1.54) is 48.8 Å². The lowest BCUT2D eigenvalue weighted by atomic mass is 10.1. The summed E-state index contributed by atoms with van der Waals surface area (Å²) in [5.74, 6) is -0.897. The van der Waals surface area contributed by atoms with Crippen LogP contribution in [0.25, 0.3) is 10.8 Å². The number of phenolic OH excluding ortho intramolecular Hbond substituents is 1. The maximum Gasteiger partial charge on any atom is 0.296 e. The van der Waals surface area contributed by atoms with Crippen molar-refractivity contribution in [3.05, 3.63) is 89.7 Å². The van der Waals surface area contributed by atoms with Gasteiger partial charge in [-0.3, -0.25) is 14.5 Å². The number of pyridine rings is 1. The first kappa shape index (κ1) is 21.4. The number of aromatic nitrogens is 1. The maximum atomic E-state index is 12.9. The summed E-state index contributed by atoms with van der Waals surface area (Å²) in [4.78, 5) is 16.1. The minimum atomic E-state index is -3.96. The lowest BCUT2D eigenvalue weighted by molar-refractivity contribution is 0.0994. The Morgan fingerprint density at radius 2 is 1.72 bits per heavy atom. The van der Waals surface area contributed by atoms with Gasteiger partial charge in [0.05, 0.1) is 16.1 Å². The van der Waals surface area contributed by atoms with E-state index in [-0.39, 0.29) is 27.6 Å². The number of hydrogen-bond acceptors (Lipinski definition) is 6. The molecular formula is C22H15ClN4O4S. The second-order valence-electron chi connectivity index (χ2n) is 6.64. The number of carbonyl (C=O) groups excluding carboxylic acids is 1. The van der Waals surface area contributed by atoms with Crippen molar-refractivity contribution in [3.63, 3.8) is 0 Å². The lowest BCUT2D eigenvalue weighted by Gasteiger charge is -2.13. The Balaban J connectivity index is 1.76. The molecule has 0 bridgehead atoms. The largest absolute Gasteiger partial charge is 0.505 e. The Morgan fingerprint density at radius 1 is 1.00 bits per heavy atom. The average molecular weight is 467 g/mol. The van der Waals surface area contributed by atoms with Gasteiger partial charge in [0.1, 0.15) is 5.69 Å². The van der Waals surface area contributed by atoms with Gasteiger partial charge in [-0.1, -0.05) is 35.9 Å². The van der Waals surface area contributed by atoms with Crippen molar-refractivity contribution < 1.29 is 18.3 Å². The highest BCUT2D eigenvalue weighted by atomic mass is 35.5. The number of rotatable bonds is 5. The van der Waals surface area contributed by atoms with Crippen LogP contribution in [0.3, 0.4) is 0 Å². The normalized spacial score (nSPS) is 11.7. The lowest BCUT2D eigenvalue weighted by Crippen LogP contribution is -2.13. The predicted octanol–water partition coefficient (Wildman–Crippen LogP) is 5.32. The molecule has 0 aliphatic carbocycles. The standard InChI is InChI=1S/C22H15ClN4O4S/c23-15-7-9-16(10-8-15)32(30,31)27-19-12-20(21(28)18-6-2-1-5-17(18)19)25-26-22(29)14-4-3-11-24-13-14/h1-13,27-28H. The first-order valence-corrected chi connectivity index (χ1v) is 11.1. The molecule has 32 heavy (non-hydrogen) atoms. The number of aromatic hydroxyl groups is 1. The summed E-state index contributed by atoms with van der Waals surface area (Å²) in [5, 5.41) is 19.3. The minimum Gasteiger partial charge on any atom is -0.505 e. The van der Waals surface area contributed by atoms with Gasteiger partial charge in [-0.05, 0) is 42.5 Å². The molecule has 0 aliphatic rings. The molecule has 8 nitrogen and oxygen atoms in total. The zero-order valence-corrected chi connectivity index (χ0v) is 17.9. The number of carbonyl (C=O) groups is 1. The van der Waals surface area contributed by atoms with Crippen molar-refractivity contribution in [2.75, 3.05) is 4.72 Å². The van der Waals surface area contributed by atoms with Gasteiger partial charge in [0.25, 0.3) is 15.9 Å². The molecule has 0 fully saturated rings. The van der Waals surface area contributed by atoms with Crippen LogP contribution in [0.1, 0.15) is 10.4 Å². The molecule has 10 heteroatoms. The van der Waals surface area contributed by atoms with E-state index in [1.54, 1.807) is 30.3 Å². The number of nitrogens with zero attached hydrogens (tertiary/aromatic N) is 3. The molecule has 160 valence electrons. The van der Waals surface area contributed by atoms with Gasteiger partial charge in [-0.15, -0.1) is 10.2 Å². The maximum absolute atomic E-state index is 12.9. The van der Waals surface area contributed by atoms with Crippen molar-refractivity contribution in [1.29, 1.82) is 0 Å². The van der Waals surface area contributed by atoms with Gasteiger partial charge in [-0.25, -0.2) is 8.42 Å². The zero-order chi connectivity index (χ0) is 22.7. The summed E-state index contributed by atoms with van der Waals surface area (Å²) in [5.41, 5.74) is 0.311. The summed E-state index contributed by atoms with van der Waals surface area (Å²) in [6.07, 6.45) is 2.86. The Hall–Kier alpha value is -3.82. The van der Waals surface area contributed by atoms with Crippen LogP contribution in [0.15, 0.2) is 94.2 Å². The zero-order valence-electron chi connectivity index (χ0n) is 16.3. The Kier molecular flexibility index (Phi) is 5.85. The fourth-order valence-electron chi connectivity index (χ4n) is 2.97. The van der Waals surface area contributed by atoms with E-state index in [9.17, 15) is 18.3 Å². The molecule has 0 unspecified atom stereocenters. The van der Waals surface area contributed by atoms with Crippen LogP contribution < -0.4 is 4.72 Å². The molecule has 4 aromatic rings. The van der Waals surface area contributed by atoms with Gasteiger partial charge in [-0.2, -0.15) is 0 Å². The monoisotopic (exact) mass is 466 g/mol. The van der Waals surface area contributed by atoms with E-state index in [2.05, 4.69) is 19.9 Å². The smallest absolute Gasteiger partial charge is 0.296 e. The Morgan fingerprint density at radius 3 is 2.41 bits per heavy atom. The molecule has 0 spiro atoms. The number of nitrogens with one attached hydrogen (secondary N) is 1. The topological polar surface area (TPSA) is 121 Å². The molecule has 0 saturated carbocycles. The van der Waals surface area contributed by atoms with E-state index in [4.69, 9.17) is 11.6 Å². The van der Waals surface area contributed by atoms with E-state index >= 15 is 0 Å². The Labute approximate surface area is 188 Å². The highest BCUT2D eigenvalue weighted by molar-refractivity contribution is 7.92. The van der Waals surface area contributed by atoms with Crippen molar-refractivity contribution in [1.82, 2.24) is 4.98 Å². The second-order valence-corrected chi connectivity index (χ2v) is 8.76. The van der Waals surface area contributed by atoms with Crippen LogP contribution in [0, 0.1) is 0 Å². The highest BCUT2D eigenvalue weighted by Gasteiger charge is 2.18. The first-order valence-electron chi connectivity index (χ1n) is 9.24. The molecular weight excluding hydrogens is 452 g/mol. The summed E-state index contributed by atoms with van der Waals surface area (Å²) in [6.45, 7) is 0. The third-order valence-electron chi connectivity index (χ3n) is 4.52. The Bertz CT molecular complexity index is 1440. The SMILES string of the molecule is O=C(N=Nc1cc(NS(=O)(=O)c2ccc(Cl)cc2)c2ccccc2c1O)c1cccnc1. The summed E-state index contributed by atoms with van der Waals surface area (Å²) in [6, 6.07) is 16.7. The number of halogens is 1. The highest BCUT2D eigenvalue weighted by Crippen LogP contribution is 2.40. The number of phenols is 1. The van der Waals surface area contributed by atoms with Crippen LogP contribution in [0.2, 0.25) is 5.02 Å². The number of azo groups is 1. The second kappa shape index (κ2) is 8.74. The molecule has 0 saturated heterocycles. The number of sulfonamides is 1. The van der Waals surface area contributed by atoms with E-state index in [1.807, 2.05) is 0 Å². The van der Waals surface area contributed by atoms with Gasteiger partial charge in [0.15, 0.2) is 5.75 Å². The number of benzene rings is 3. The van der Waals surface area contributed by atoms with Crippen LogP contribution >= 0.6 is 11.6 Å². The van der Waals surface area contributed by atoms with Gasteiger partial charge in [0.2, 0.25) is 0 Å². The van der Waals surface area contributed by atoms with Crippen molar-refractivity contribution in [2.45, 2.75) is 4.90 Å². The molecule has 1 heterocycles. The molecule has 3 aromatic carbocycles. The van der Waals surface area contributed by atoms with Crippen molar-refractivity contribution >= 4 is 49.7 Å². The van der Waals surface area contributed by atoms with Gasteiger partial charge < -0.3 is 5.11 Å². The first-order chi connectivity index (χ1) is 15.3. The summed E-state index contributed by atoms with van der Waals surface area (Å²) >= 11 is 5.85. The van der Waals surface area contributed by atoms with E-state index in [0.717, 1.165) is 0 Å². The number of fused-ring (bicyclic) bond motifs is 1. The summed E-state index contributed by atoms with van der Waals surface area (Å²) in [7, 11) is -3.96. The molecule has 0 atom stereocenters. The summed E-state index contributed by atoms with van der Waals surface area (Å²) < 4.78 is 28.2. The van der Waals surface area contributed by atoms with Gasteiger partial charge >= 0.3 is 0 Å². The van der Waals surface area contributed by atoms with Crippen molar-refractivity contribution in [2.24, 2.45) is 10.2 Å². The van der Waals surface area contributed by atoms with Crippen LogP contribution in [-0.2, 0) is 10.0 Å². The minimum absolute atomic E-state index is 0.00832. The molecule has 4 rings (SSSR count). The fourth-order valence-corrected chi connectivity index (χ4v) is 4.17. The number of amides is 1. The average Bonchev–Trinajstić information content (AvgIpc) is 2.80. The molecule has 2 N–H and O–H groups in total. The number of hydrogen-bond donors (Lipinski definition) is 2. The number of anilines is 1. The van der Waals surface area contributed by atoms with Crippen LogP contribution in [0.5, 0.6) is 5.75 Å². The van der Waals surface area contributed by atoms with Gasteiger partial charge in [0, 0.05) is 28.2 Å².